The van der Waals surface area contributed by atoms with Crippen molar-refractivity contribution in [3.63, 3.8) is 0 Å². The predicted octanol–water partition coefficient (Wildman–Crippen LogP) is -0.364. The number of oxime groups is 1. The molecule has 0 spiro atoms. The SMILES string of the molecule is COCC1=C(C(=O)OCOC(C)=O)N2C(=O)C(NC(=O)C(=NOC)C(=O)COS(=O)(=O)c3ccc(C)cc3)[C@H]2SC1. The first-order chi connectivity index (χ1) is 19.4. The molecule has 0 aliphatic carbocycles. The molecule has 1 aromatic rings. The van der Waals surface area contributed by atoms with Crippen molar-refractivity contribution < 1.29 is 55.6 Å². The quantitative estimate of drug-likeness (QED) is 0.0577. The molecule has 1 unspecified atom stereocenters. The molecule has 1 fully saturated rings. The Morgan fingerprint density at radius 2 is 1.80 bits per heavy atom. The first kappa shape index (κ1) is 31.7. The molecule has 15 nitrogen and oxygen atoms in total. The molecule has 1 N–H and O–H groups in total. The van der Waals surface area contributed by atoms with Gasteiger partial charge in [0, 0.05) is 19.8 Å². The van der Waals surface area contributed by atoms with E-state index in [-0.39, 0.29) is 23.0 Å². The average Bonchev–Trinajstić information content (AvgIpc) is 2.93. The van der Waals surface area contributed by atoms with E-state index < -0.39 is 70.2 Å². The third kappa shape index (κ3) is 7.49. The largest absolute Gasteiger partial charge is 0.428 e. The Hall–Kier alpha value is -3.80. The summed E-state index contributed by atoms with van der Waals surface area (Å²) in [5.74, 6) is -4.34. The van der Waals surface area contributed by atoms with Gasteiger partial charge in [-0.15, -0.1) is 11.8 Å². The third-order valence-electron chi connectivity index (χ3n) is 5.61. The summed E-state index contributed by atoms with van der Waals surface area (Å²) in [4.78, 5) is 67.8. The van der Waals surface area contributed by atoms with E-state index in [1.54, 1.807) is 19.1 Å². The summed E-state index contributed by atoms with van der Waals surface area (Å²) in [6.07, 6.45) is 0. The number of β-lactam (4-membered cyclic amide) rings is 1. The lowest BCUT2D eigenvalue weighted by atomic mass is 10.0. The Morgan fingerprint density at radius 1 is 1.12 bits per heavy atom. The topological polar surface area (TPSA) is 193 Å². The normalized spacial score (nSPS) is 18.7. The van der Waals surface area contributed by atoms with Crippen LogP contribution in [0.25, 0.3) is 0 Å². The fourth-order valence-corrected chi connectivity index (χ4v) is 5.88. The van der Waals surface area contributed by atoms with Crippen molar-refractivity contribution in [1.29, 1.82) is 0 Å². The lowest BCUT2D eigenvalue weighted by Gasteiger charge is -2.49. The van der Waals surface area contributed by atoms with Gasteiger partial charge < -0.3 is 24.4 Å². The molecule has 2 heterocycles. The molecule has 1 saturated heterocycles. The number of esters is 2. The number of hydrogen-bond donors (Lipinski definition) is 1. The number of thioether (sulfide) groups is 1. The minimum atomic E-state index is -4.32. The summed E-state index contributed by atoms with van der Waals surface area (Å²) in [5.41, 5.74) is 0.288. The van der Waals surface area contributed by atoms with E-state index in [4.69, 9.17) is 13.7 Å². The number of ether oxygens (including phenoxy) is 3. The fraction of sp³-hybridized carbons (Fsp3) is 0.417. The van der Waals surface area contributed by atoms with Crippen LogP contribution in [0.15, 0.2) is 45.6 Å². The summed E-state index contributed by atoms with van der Waals surface area (Å²) < 4.78 is 44.3. The van der Waals surface area contributed by atoms with Crippen LogP contribution in [0.4, 0.5) is 0 Å². The molecule has 2 aliphatic rings. The number of rotatable bonds is 13. The second-order valence-electron chi connectivity index (χ2n) is 8.51. The third-order valence-corrected chi connectivity index (χ3v) is 8.23. The van der Waals surface area contributed by atoms with Gasteiger partial charge in [-0.3, -0.25) is 28.3 Å². The van der Waals surface area contributed by atoms with E-state index in [2.05, 4.69) is 20.0 Å². The molecule has 3 rings (SSSR count). The van der Waals surface area contributed by atoms with Gasteiger partial charge in [-0.1, -0.05) is 22.9 Å². The van der Waals surface area contributed by atoms with Crippen LogP contribution in [0.1, 0.15) is 12.5 Å². The van der Waals surface area contributed by atoms with Gasteiger partial charge in [-0.25, -0.2) is 4.79 Å². The van der Waals surface area contributed by atoms with Gasteiger partial charge >= 0.3 is 11.9 Å². The predicted molar refractivity (Wildman–Crippen MR) is 140 cm³/mol. The summed E-state index contributed by atoms with van der Waals surface area (Å²) in [7, 11) is -1.86. The number of carbonyl (C=O) groups is 5. The highest BCUT2D eigenvalue weighted by Gasteiger charge is 2.55. The maximum absolute atomic E-state index is 13.0. The van der Waals surface area contributed by atoms with Gasteiger partial charge in [0.1, 0.15) is 30.8 Å². The molecule has 17 heteroatoms. The zero-order valence-corrected chi connectivity index (χ0v) is 24.0. The number of Topliss-reactive ketones (excluding diaryl/α,β-unsaturated/α-hetero) is 1. The first-order valence-electron chi connectivity index (χ1n) is 11.8. The second kappa shape index (κ2) is 13.7. The van der Waals surface area contributed by atoms with Crippen molar-refractivity contribution in [2.45, 2.75) is 30.2 Å². The van der Waals surface area contributed by atoms with E-state index in [1.807, 2.05) is 0 Å². The molecule has 41 heavy (non-hydrogen) atoms. The number of nitrogens with one attached hydrogen (secondary N) is 1. The summed E-state index contributed by atoms with van der Waals surface area (Å²) in [6, 6.07) is 4.51. The van der Waals surface area contributed by atoms with Crippen molar-refractivity contribution in [3.8, 4) is 0 Å². The van der Waals surface area contributed by atoms with E-state index in [1.165, 1.54) is 31.0 Å². The highest BCUT2D eigenvalue weighted by atomic mass is 32.2. The molecule has 2 aliphatic heterocycles. The highest BCUT2D eigenvalue weighted by molar-refractivity contribution is 8.00. The molecular formula is C24H27N3O12S2. The van der Waals surface area contributed by atoms with Crippen molar-refractivity contribution >= 4 is 57.1 Å². The lowest BCUT2D eigenvalue weighted by Crippen LogP contribution is -2.71. The van der Waals surface area contributed by atoms with Crippen LogP contribution >= 0.6 is 11.8 Å². The molecule has 222 valence electrons. The van der Waals surface area contributed by atoms with Crippen LogP contribution in [0.5, 0.6) is 0 Å². The maximum Gasteiger partial charge on any atom is 0.358 e. The van der Waals surface area contributed by atoms with Gasteiger partial charge in [-0.2, -0.15) is 8.42 Å². The van der Waals surface area contributed by atoms with Crippen molar-refractivity contribution in [2.75, 3.05) is 40.0 Å². The highest BCUT2D eigenvalue weighted by Crippen LogP contribution is 2.40. The van der Waals surface area contributed by atoms with E-state index in [0.717, 1.165) is 24.5 Å². The van der Waals surface area contributed by atoms with Crippen LogP contribution in [0.2, 0.25) is 0 Å². The zero-order valence-electron chi connectivity index (χ0n) is 22.4. The maximum atomic E-state index is 13.0. The van der Waals surface area contributed by atoms with Crippen molar-refractivity contribution in [3.05, 3.63) is 41.1 Å². The number of benzene rings is 1. The van der Waals surface area contributed by atoms with E-state index >= 15 is 0 Å². The van der Waals surface area contributed by atoms with Crippen molar-refractivity contribution in [2.24, 2.45) is 5.16 Å². The zero-order chi connectivity index (χ0) is 30.3. The van der Waals surface area contributed by atoms with Crippen LogP contribution in [0, 0.1) is 6.92 Å². The Balaban J connectivity index is 1.69. The van der Waals surface area contributed by atoms with Crippen molar-refractivity contribution in [1.82, 2.24) is 10.2 Å². The molecule has 2 amide bonds. The summed E-state index contributed by atoms with van der Waals surface area (Å²) in [6.45, 7) is 1.17. The molecule has 0 aromatic heterocycles. The van der Waals surface area contributed by atoms with Crippen LogP contribution in [0.3, 0.4) is 0 Å². The average molecular weight is 614 g/mol. The van der Waals surface area contributed by atoms with Gasteiger partial charge in [-0.05, 0) is 24.6 Å². The monoisotopic (exact) mass is 613 g/mol. The Labute approximate surface area is 239 Å². The standard InChI is InChI=1S/C24H27N3O12S2/c1-13-5-7-16(8-6-13)41(33,34)39-10-17(29)18(26-36-4)21(30)25-19-22(31)27-20(24(32)38-12-37-14(2)28)15(9-35-3)11-40-23(19)27/h5-8,19,23H,9-12H2,1-4H3,(H,25,30)/t19?,23-/m1/s1. The number of aryl methyl sites for hydroxylation is 1. The number of amides is 2. The number of hydrogen-bond acceptors (Lipinski definition) is 14. The molecule has 2 atom stereocenters. The number of ketones is 1. The molecule has 0 radical (unpaired) electrons. The Morgan fingerprint density at radius 3 is 2.41 bits per heavy atom. The van der Waals surface area contributed by atoms with Gasteiger partial charge in [0.2, 0.25) is 18.3 Å². The Kier molecular flexibility index (Phi) is 10.6. The minimum Gasteiger partial charge on any atom is -0.428 e. The Bertz CT molecular complexity index is 1390. The molecule has 1 aromatic carbocycles. The number of carbonyl (C=O) groups excluding carboxylic acids is 5. The summed E-state index contributed by atoms with van der Waals surface area (Å²) in [5, 5.41) is 4.99. The van der Waals surface area contributed by atoms with Crippen LogP contribution < -0.4 is 5.32 Å². The van der Waals surface area contributed by atoms with E-state index in [0.29, 0.717) is 5.57 Å². The van der Waals surface area contributed by atoms with Gasteiger partial charge in [0.25, 0.3) is 21.9 Å². The lowest BCUT2D eigenvalue weighted by molar-refractivity contribution is -0.166. The number of methoxy groups -OCH3 is 1. The van der Waals surface area contributed by atoms with Gasteiger partial charge in [0.05, 0.1) is 11.5 Å². The van der Waals surface area contributed by atoms with Gasteiger partial charge in [0.15, 0.2) is 0 Å². The molecule has 0 saturated carbocycles. The number of fused-ring (bicyclic) bond motifs is 1. The van der Waals surface area contributed by atoms with Crippen LogP contribution in [-0.2, 0) is 57.3 Å². The molecule has 0 bridgehead atoms. The smallest absolute Gasteiger partial charge is 0.358 e. The second-order valence-corrected chi connectivity index (χ2v) is 11.2. The molecular weight excluding hydrogens is 586 g/mol. The minimum absolute atomic E-state index is 0.00314. The first-order valence-corrected chi connectivity index (χ1v) is 14.2. The summed E-state index contributed by atoms with van der Waals surface area (Å²) >= 11 is 1.21. The van der Waals surface area contributed by atoms with E-state index in [9.17, 15) is 32.4 Å². The fourth-order valence-electron chi connectivity index (χ4n) is 3.68. The number of nitrogens with zero attached hydrogens (tertiary/aromatic N) is 2. The van der Waals surface area contributed by atoms with Crippen LogP contribution in [-0.4, -0.2) is 100.0 Å².